The van der Waals surface area contributed by atoms with Gasteiger partial charge >= 0.3 is 0 Å². The third kappa shape index (κ3) is 3.44. The number of nitrogens with zero attached hydrogens (tertiary/aromatic N) is 2. The van der Waals surface area contributed by atoms with Crippen LogP contribution in [0.4, 0.5) is 0 Å². The van der Waals surface area contributed by atoms with Crippen molar-refractivity contribution >= 4 is 43.7 Å². The second-order valence-electron chi connectivity index (χ2n) is 10.1. The third-order valence-corrected chi connectivity index (χ3v) is 7.79. The van der Waals surface area contributed by atoms with Crippen LogP contribution >= 0.6 is 0 Å². The van der Waals surface area contributed by atoms with Gasteiger partial charge in [0.15, 0.2) is 0 Å². The molecule has 0 atom stereocenters. The zero-order valence-corrected chi connectivity index (χ0v) is 21.5. The van der Waals surface area contributed by atoms with Crippen molar-refractivity contribution < 1.29 is 4.42 Å². The van der Waals surface area contributed by atoms with E-state index >= 15 is 0 Å². The fourth-order valence-corrected chi connectivity index (χ4v) is 5.95. The molecule has 6 aromatic carbocycles. The molecule has 0 aliphatic carbocycles. The van der Waals surface area contributed by atoms with E-state index < -0.39 is 0 Å². The minimum absolute atomic E-state index is 0.646. The highest BCUT2D eigenvalue weighted by Gasteiger charge is 2.15. The SMILES string of the molecule is N#Cc1cccc(-c2cc(-c3ccc4oc5ccccc5c4c3)cc(-n3c4ccccc4c4ccccc43)c2)c1. The van der Waals surface area contributed by atoms with Gasteiger partial charge in [0.1, 0.15) is 11.2 Å². The van der Waals surface area contributed by atoms with Crippen LogP contribution in [-0.2, 0) is 0 Å². The van der Waals surface area contributed by atoms with Gasteiger partial charge in [-0.2, -0.15) is 5.26 Å². The molecule has 3 nitrogen and oxygen atoms in total. The number of hydrogen-bond donors (Lipinski definition) is 0. The number of para-hydroxylation sites is 3. The van der Waals surface area contributed by atoms with E-state index in [0.717, 1.165) is 60.9 Å². The van der Waals surface area contributed by atoms with Crippen molar-refractivity contribution in [2.75, 3.05) is 0 Å². The van der Waals surface area contributed by atoms with Gasteiger partial charge in [-0.3, -0.25) is 0 Å². The van der Waals surface area contributed by atoms with Crippen LogP contribution in [0.1, 0.15) is 5.56 Å². The fraction of sp³-hybridized carbons (Fsp3) is 0. The van der Waals surface area contributed by atoms with Crippen LogP contribution in [0.2, 0.25) is 0 Å². The molecular formula is C37H22N2O. The number of rotatable bonds is 3. The predicted octanol–water partition coefficient (Wildman–Crippen LogP) is 9.89. The van der Waals surface area contributed by atoms with E-state index in [2.05, 4.69) is 108 Å². The fourth-order valence-electron chi connectivity index (χ4n) is 5.95. The summed E-state index contributed by atoms with van der Waals surface area (Å²) in [5, 5.41) is 14.2. The monoisotopic (exact) mass is 510 g/mol. The average Bonchev–Trinajstić information content (AvgIpc) is 3.56. The van der Waals surface area contributed by atoms with Crippen molar-refractivity contribution in [2.24, 2.45) is 0 Å². The van der Waals surface area contributed by atoms with Crippen LogP contribution in [-0.4, -0.2) is 4.57 Å². The molecule has 0 fully saturated rings. The second kappa shape index (κ2) is 8.73. The summed E-state index contributed by atoms with van der Waals surface area (Å²) >= 11 is 0. The van der Waals surface area contributed by atoms with E-state index in [1.54, 1.807) is 0 Å². The van der Waals surface area contributed by atoms with Crippen LogP contribution in [0.5, 0.6) is 0 Å². The van der Waals surface area contributed by atoms with Gasteiger partial charge in [-0.1, -0.05) is 72.8 Å². The van der Waals surface area contributed by atoms with Gasteiger partial charge in [-0.05, 0) is 82.9 Å². The minimum atomic E-state index is 0.646. The smallest absolute Gasteiger partial charge is 0.135 e. The summed E-state index contributed by atoms with van der Waals surface area (Å²) < 4.78 is 8.45. The van der Waals surface area contributed by atoms with E-state index in [4.69, 9.17) is 4.42 Å². The predicted molar refractivity (Wildman–Crippen MR) is 164 cm³/mol. The Morgan fingerprint density at radius 2 is 1.10 bits per heavy atom. The molecule has 186 valence electrons. The van der Waals surface area contributed by atoms with Crippen molar-refractivity contribution in [3.63, 3.8) is 0 Å². The first kappa shape index (κ1) is 22.4. The van der Waals surface area contributed by atoms with E-state index in [9.17, 15) is 5.26 Å². The van der Waals surface area contributed by atoms with E-state index in [1.807, 2.05) is 36.4 Å². The molecule has 8 aromatic rings. The van der Waals surface area contributed by atoms with Crippen LogP contribution in [0.25, 0.3) is 71.7 Å². The van der Waals surface area contributed by atoms with Crippen LogP contribution in [0.3, 0.4) is 0 Å². The van der Waals surface area contributed by atoms with Gasteiger partial charge in [-0.15, -0.1) is 0 Å². The lowest BCUT2D eigenvalue weighted by atomic mass is 9.96. The highest BCUT2D eigenvalue weighted by atomic mass is 16.3. The van der Waals surface area contributed by atoms with Gasteiger partial charge in [0.05, 0.1) is 22.7 Å². The molecule has 2 aromatic heterocycles. The molecule has 0 spiro atoms. The number of benzene rings is 6. The Labute approximate surface area is 230 Å². The van der Waals surface area contributed by atoms with E-state index in [1.165, 1.54) is 10.8 Å². The number of furan rings is 1. The molecule has 0 aliphatic rings. The first-order chi connectivity index (χ1) is 19.8. The molecule has 0 aliphatic heterocycles. The lowest BCUT2D eigenvalue weighted by Crippen LogP contribution is -1.96. The largest absolute Gasteiger partial charge is 0.456 e. The van der Waals surface area contributed by atoms with Crippen molar-refractivity contribution in [3.8, 4) is 34.0 Å². The van der Waals surface area contributed by atoms with Gasteiger partial charge in [-0.25, -0.2) is 0 Å². The summed E-state index contributed by atoms with van der Waals surface area (Å²) in [6.45, 7) is 0. The van der Waals surface area contributed by atoms with Crippen LogP contribution < -0.4 is 0 Å². The molecule has 0 saturated carbocycles. The van der Waals surface area contributed by atoms with Gasteiger partial charge in [0.2, 0.25) is 0 Å². The lowest BCUT2D eigenvalue weighted by Gasteiger charge is -2.14. The zero-order valence-electron chi connectivity index (χ0n) is 21.5. The quantitative estimate of drug-likeness (QED) is 0.237. The van der Waals surface area contributed by atoms with Gasteiger partial charge < -0.3 is 8.98 Å². The highest BCUT2D eigenvalue weighted by Crippen LogP contribution is 2.38. The van der Waals surface area contributed by atoms with Gasteiger partial charge in [0, 0.05) is 27.2 Å². The summed E-state index contributed by atoms with van der Waals surface area (Å²) in [5.41, 5.74) is 10.1. The summed E-state index contributed by atoms with van der Waals surface area (Å²) in [6, 6.07) is 48.5. The maximum atomic E-state index is 9.59. The van der Waals surface area contributed by atoms with Crippen molar-refractivity contribution in [1.29, 1.82) is 5.26 Å². The maximum Gasteiger partial charge on any atom is 0.135 e. The average molecular weight is 511 g/mol. The van der Waals surface area contributed by atoms with Crippen LogP contribution in [0, 0.1) is 11.3 Å². The first-order valence-electron chi connectivity index (χ1n) is 13.3. The molecule has 8 rings (SSSR count). The van der Waals surface area contributed by atoms with Crippen LogP contribution in [0.15, 0.2) is 138 Å². The molecule has 0 amide bonds. The lowest BCUT2D eigenvalue weighted by molar-refractivity contribution is 0.669. The van der Waals surface area contributed by atoms with Crippen molar-refractivity contribution in [2.45, 2.75) is 0 Å². The molecule has 40 heavy (non-hydrogen) atoms. The standard InChI is InChI=1S/C37H22N2O/c38-23-24-8-7-9-25(18-24)27-19-28(26-16-17-37-33(22-26)32-12-3-6-15-36(32)40-37)21-29(20-27)39-34-13-4-1-10-30(34)31-11-2-5-14-35(31)39/h1-22H. The number of nitriles is 1. The Morgan fingerprint density at radius 3 is 1.82 bits per heavy atom. The Balaban J connectivity index is 1.43. The second-order valence-corrected chi connectivity index (χ2v) is 10.1. The third-order valence-electron chi connectivity index (χ3n) is 7.79. The number of hydrogen-bond acceptors (Lipinski definition) is 2. The molecule has 0 saturated heterocycles. The molecule has 2 heterocycles. The minimum Gasteiger partial charge on any atom is -0.456 e. The summed E-state index contributed by atoms with van der Waals surface area (Å²) in [5.74, 6) is 0. The highest BCUT2D eigenvalue weighted by molar-refractivity contribution is 6.09. The van der Waals surface area contributed by atoms with E-state index in [-0.39, 0.29) is 0 Å². The topological polar surface area (TPSA) is 41.9 Å². The summed E-state index contributed by atoms with van der Waals surface area (Å²) in [4.78, 5) is 0. The van der Waals surface area contributed by atoms with Crippen molar-refractivity contribution in [1.82, 2.24) is 4.57 Å². The molecular weight excluding hydrogens is 488 g/mol. The molecule has 3 heteroatoms. The maximum absolute atomic E-state index is 9.59. The Bertz CT molecular complexity index is 2240. The summed E-state index contributed by atoms with van der Waals surface area (Å²) in [6.07, 6.45) is 0. The van der Waals surface area contributed by atoms with Gasteiger partial charge in [0.25, 0.3) is 0 Å². The normalized spacial score (nSPS) is 11.5. The van der Waals surface area contributed by atoms with Crippen molar-refractivity contribution in [3.05, 3.63) is 139 Å². The Morgan fingerprint density at radius 1 is 0.475 bits per heavy atom. The zero-order chi connectivity index (χ0) is 26.6. The molecule has 0 bridgehead atoms. The Hall–Kier alpha value is -5.59. The number of aromatic nitrogens is 1. The number of fused-ring (bicyclic) bond motifs is 6. The Kier molecular flexibility index (Phi) is 4.89. The van der Waals surface area contributed by atoms with E-state index in [0.29, 0.717) is 5.56 Å². The molecule has 0 N–H and O–H groups in total. The molecule has 0 unspecified atom stereocenters. The summed E-state index contributed by atoms with van der Waals surface area (Å²) in [7, 11) is 0. The first-order valence-corrected chi connectivity index (χ1v) is 13.3. The molecule has 0 radical (unpaired) electrons.